The number of hydrogen-bond acceptors (Lipinski definition) is 1. The van der Waals surface area contributed by atoms with Crippen LogP contribution in [0, 0.1) is 0 Å². The van der Waals surface area contributed by atoms with Crippen LogP contribution < -0.4 is 4.52 Å². The Bertz CT molecular complexity index is 538. The van der Waals surface area contributed by atoms with Gasteiger partial charge in [-0.25, -0.2) is 0 Å². The minimum atomic E-state index is -4.36. The van der Waals surface area contributed by atoms with E-state index < -0.39 is 11.7 Å². The molecule has 0 aliphatic rings. The summed E-state index contributed by atoms with van der Waals surface area (Å²) in [7, 11) is 2.04. The van der Waals surface area contributed by atoms with E-state index >= 15 is 0 Å². The lowest BCUT2D eigenvalue weighted by atomic mass is 10.0. The van der Waals surface area contributed by atoms with E-state index in [1.807, 2.05) is 9.47 Å². The van der Waals surface area contributed by atoms with Gasteiger partial charge >= 0.3 is 6.18 Å². The van der Waals surface area contributed by atoms with Gasteiger partial charge in [0.1, 0.15) is 5.75 Å². The minimum Gasteiger partial charge on any atom is -0.480 e. The molecular formula is C13H10F3OP. The van der Waals surface area contributed by atoms with E-state index in [1.165, 1.54) is 6.07 Å². The Balaban J connectivity index is 2.57. The molecule has 0 saturated heterocycles. The average molecular weight is 270 g/mol. The van der Waals surface area contributed by atoms with Gasteiger partial charge in [0, 0.05) is 5.56 Å². The van der Waals surface area contributed by atoms with Gasteiger partial charge in [-0.1, -0.05) is 30.3 Å². The summed E-state index contributed by atoms with van der Waals surface area (Å²) in [5.74, 6) is 0.388. The molecule has 0 heterocycles. The van der Waals surface area contributed by atoms with Crippen molar-refractivity contribution in [2.24, 2.45) is 0 Å². The van der Waals surface area contributed by atoms with Gasteiger partial charge in [-0.3, -0.25) is 0 Å². The van der Waals surface area contributed by atoms with Crippen LogP contribution in [0.2, 0.25) is 0 Å². The molecule has 1 nitrogen and oxygen atoms in total. The molecule has 0 N–H and O–H groups in total. The van der Waals surface area contributed by atoms with Gasteiger partial charge in [-0.15, -0.1) is 0 Å². The summed E-state index contributed by atoms with van der Waals surface area (Å²) in [6.07, 6.45) is -4.36. The molecule has 2 aromatic rings. The van der Waals surface area contributed by atoms with Gasteiger partial charge < -0.3 is 4.52 Å². The van der Waals surface area contributed by atoms with Gasteiger partial charge in [0.2, 0.25) is 0 Å². The molecule has 0 amide bonds. The second-order valence-electron chi connectivity index (χ2n) is 3.69. The van der Waals surface area contributed by atoms with Crippen LogP contribution in [0.25, 0.3) is 11.1 Å². The average Bonchev–Trinajstić information content (AvgIpc) is 2.38. The summed E-state index contributed by atoms with van der Waals surface area (Å²) in [5.41, 5.74) is 0.411. The lowest BCUT2D eigenvalue weighted by Crippen LogP contribution is -2.04. The summed E-state index contributed by atoms with van der Waals surface area (Å²) < 4.78 is 43.0. The molecule has 0 aliphatic heterocycles. The lowest BCUT2D eigenvalue weighted by molar-refractivity contribution is -0.137. The first-order valence-electron chi connectivity index (χ1n) is 5.16. The number of hydrogen-bond donors (Lipinski definition) is 0. The highest BCUT2D eigenvalue weighted by Crippen LogP contribution is 2.37. The zero-order valence-electron chi connectivity index (χ0n) is 9.24. The molecule has 5 heteroatoms. The first kappa shape index (κ1) is 12.9. The van der Waals surface area contributed by atoms with Crippen molar-refractivity contribution in [3.05, 3.63) is 54.1 Å². The van der Waals surface area contributed by atoms with Gasteiger partial charge in [0.05, 0.1) is 15.0 Å². The van der Waals surface area contributed by atoms with E-state index in [-0.39, 0.29) is 0 Å². The van der Waals surface area contributed by atoms with Crippen molar-refractivity contribution in [3.63, 3.8) is 0 Å². The molecule has 0 radical (unpaired) electrons. The second kappa shape index (κ2) is 4.99. The third-order valence-corrected chi connectivity index (χ3v) is 2.77. The maximum atomic E-state index is 12.7. The van der Waals surface area contributed by atoms with E-state index in [4.69, 9.17) is 4.52 Å². The standard InChI is InChI=1S/C13H10F3OP/c14-13(15,16)10-6-7-12(17-18)11(8-10)9-4-2-1-3-5-9/h1-8H,18H2. The molecule has 0 spiro atoms. The molecule has 18 heavy (non-hydrogen) atoms. The van der Waals surface area contributed by atoms with Crippen LogP contribution in [0.5, 0.6) is 5.75 Å². The third kappa shape index (κ3) is 2.65. The Morgan fingerprint density at radius 2 is 1.61 bits per heavy atom. The van der Waals surface area contributed by atoms with Crippen molar-refractivity contribution in [1.29, 1.82) is 0 Å². The topological polar surface area (TPSA) is 9.23 Å². The van der Waals surface area contributed by atoms with Crippen LogP contribution in [0.15, 0.2) is 48.5 Å². The van der Waals surface area contributed by atoms with Crippen molar-refractivity contribution in [2.75, 3.05) is 0 Å². The molecule has 0 aliphatic carbocycles. The largest absolute Gasteiger partial charge is 0.480 e. The molecular weight excluding hydrogens is 260 g/mol. The highest BCUT2D eigenvalue weighted by Gasteiger charge is 2.31. The molecule has 1 unspecified atom stereocenters. The monoisotopic (exact) mass is 270 g/mol. The van der Waals surface area contributed by atoms with Crippen LogP contribution in [0.1, 0.15) is 5.56 Å². The minimum absolute atomic E-state index is 0.388. The number of rotatable bonds is 2. The molecule has 2 aromatic carbocycles. The molecule has 0 aromatic heterocycles. The number of benzene rings is 2. The van der Waals surface area contributed by atoms with Gasteiger partial charge in [0.25, 0.3) is 0 Å². The van der Waals surface area contributed by atoms with Gasteiger partial charge in [0.15, 0.2) is 0 Å². The fourth-order valence-electron chi connectivity index (χ4n) is 1.65. The Morgan fingerprint density at radius 3 is 2.17 bits per heavy atom. The smallest absolute Gasteiger partial charge is 0.416 e. The molecule has 2 rings (SSSR count). The van der Waals surface area contributed by atoms with E-state index in [9.17, 15) is 13.2 Å². The van der Waals surface area contributed by atoms with Gasteiger partial charge in [-0.05, 0) is 23.8 Å². The Hall–Kier alpha value is -1.54. The zero-order valence-corrected chi connectivity index (χ0v) is 10.4. The van der Waals surface area contributed by atoms with Crippen molar-refractivity contribution >= 4 is 9.47 Å². The summed E-state index contributed by atoms with van der Waals surface area (Å²) in [6.45, 7) is 0. The van der Waals surface area contributed by atoms with Crippen molar-refractivity contribution in [2.45, 2.75) is 6.18 Å². The van der Waals surface area contributed by atoms with E-state index in [1.54, 1.807) is 30.3 Å². The van der Waals surface area contributed by atoms with Crippen molar-refractivity contribution < 1.29 is 17.7 Å². The van der Waals surface area contributed by atoms with Gasteiger partial charge in [-0.2, -0.15) is 13.2 Å². The maximum absolute atomic E-state index is 12.7. The van der Waals surface area contributed by atoms with Crippen LogP contribution in [0.4, 0.5) is 13.2 Å². The summed E-state index contributed by atoms with van der Waals surface area (Å²) in [5, 5.41) is 0. The first-order chi connectivity index (χ1) is 8.52. The molecule has 0 saturated carbocycles. The Morgan fingerprint density at radius 1 is 0.944 bits per heavy atom. The van der Waals surface area contributed by atoms with Crippen LogP contribution >= 0.6 is 9.47 Å². The number of halogens is 3. The van der Waals surface area contributed by atoms with E-state index in [0.29, 0.717) is 16.9 Å². The first-order valence-corrected chi connectivity index (χ1v) is 5.63. The highest BCUT2D eigenvalue weighted by molar-refractivity contribution is 7.10. The Labute approximate surface area is 105 Å². The van der Waals surface area contributed by atoms with E-state index in [0.717, 1.165) is 12.1 Å². The van der Waals surface area contributed by atoms with Crippen LogP contribution in [-0.2, 0) is 6.18 Å². The van der Waals surface area contributed by atoms with Crippen LogP contribution in [0.3, 0.4) is 0 Å². The molecule has 0 fully saturated rings. The van der Waals surface area contributed by atoms with E-state index in [2.05, 4.69) is 0 Å². The maximum Gasteiger partial charge on any atom is 0.416 e. The quantitative estimate of drug-likeness (QED) is 0.728. The third-order valence-electron chi connectivity index (χ3n) is 2.52. The summed E-state index contributed by atoms with van der Waals surface area (Å²) in [4.78, 5) is 0. The summed E-state index contributed by atoms with van der Waals surface area (Å²) >= 11 is 0. The lowest BCUT2D eigenvalue weighted by Gasteiger charge is -2.12. The van der Waals surface area contributed by atoms with Crippen molar-refractivity contribution in [3.8, 4) is 16.9 Å². The fraction of sp³-hybridized carbons (Fsp3) is 0.0769. The normalized spacial score (nSPS) is 11.3. The van der Waals surface area contributed by atoms with Crippen molar-refractivity contribution in [1.82, 2.24) is 0 Å². The predicted octanol–water partition coefficient (Wildman–Crippen LogP) is 4.54. The van der Waals surface area contributed by atoms with Crippen LogP contribution in [-0.4, -0.2) is 0 Å². The fourth-order valence-corrected chi connectivity index (χ4v) is 1.86. The highest BCUT2D eigenvalue weighted by atomic mass is 31.0. The predicted molar refractivity (Wildman–Crippen MR) is 67.2 cm³/mol. The zero-order chi connectivity index (χ0) is 13.2. The summed E-state index contributed by atoms with van der Waals surface area (Å²) in [6, 6.07) is 12.2. The molecule has 0 bridgehead atoms. The second-order valence-corrected chi connectivity index (χ2v) is 3.93. The number of alkyl halides is 3. The Kier molecular flexibility index (Phi) is 3.58. The molecule has 94 valence electrons. The SMILES string of the molecule is FC(F)(F)c1ccc(OP)c(-c2ccccc2)c1. The molecule has 1 atom stereocenters.